The SMILES string of the molecule is CCCCCCCCCCCCCCCCC(CCCCCCCCCC(=O)O)C(=O)O. The van der Waals surface area contributed by atoms with Gasteiger partial charge in [0.2, 0.25) is 0 Å². The van der Waals surface area contributed by atoms with E-state index in [0.717, 1.165) is 64.2 Å². The third-order valence-corrected chi connectivity index (χ3v) is 6.70. The first-order valence-electron chi connectivity index (χ1n) is 14.0. The van der Waals surface area contributed by atoms with E-state index in [-0.39, 0.29) is 12.3 Å². The van der Waals surface area contributed by atoms with Gasteiger partial charge in [0.15, 0.2) is 0 Å². The summed E-state index contributed by atoms with van der Waals surface area (Å²) in [6.45, 7) is 2.27. The Labute approximate surface area is 199 Å². The summed E-state index contributed by atoms with van der Waals surface area (Å²) in [5.41, 5.74) is 0. The number of unbranched alkanes of at least 4 members (excludes halogenated alkanes) is 19. The zero-order valence-electron chi connectivity index (χ0n) is 21.3. The molecule has 0 bridgehead atoms. The van der Waals surface area contributed by atoms with Crippen LogP contribution >= 0.6 is 0 Å². The number of aliphatic carboxylic acids is 2. The van der Waals surface area contributed by atoms with Crippen molar-refractivity contribution in [1.82, 2.24) is 0 Å². The largest absolute Gasteiger partial charge is 0.481 e. The fourth-order valence-corrected chi connectivity index (χ4v) is 4.53. The highest BCUT2D eigenvalue weighted by atomic mass is 16.4. The Morgan fingerprint density at radius 3 is 1.12 bits per heavy atom. The van der Waals surface area contributed by atoms with E-state index in [1.54, 1.807) is 0 Å². The Morgan fingerprint density at radius 2 is 0.812 bits per heavy atom. The summed E-state index contributed by atoms with van der Waals surface area (Å²) >= 11 is 0. The van der Waals surface area contributed by atoms with E-state index < -0.39 is 11.9 Å². The molecule has 0 amide bonds. The van der Waals surface area contributed by atoms with Crippen LogP contribution in [-0.4, -0.2) is 22.2 Å². The van der Waals surface area contributed by atoms with Crippen LogP contribution in [0.4, 0.5) is 0 Å². The van der Waals surface area contributed by atoms with Crippen molar-refractivity contribution in [3.63, 3.8) is 0 Å². The standard InChI is InChI=1S/C28H54O4/c1-2-3-4-5-6-7-8-9-10-11-12-14-17-20-23-26(28(31)32)24-21-18-15-13-16-19-22-25-27(29)30/h26H,2-25H2,1H3,(H,29,30)(H,31,32). The lowest BCUT2D eigenvalue weighted by Gasteiger charge is -2.12. The van der Waals surface area contributed by atoms with Gasteiger partial charge in [0, 0.05) is 6.42 Å². The summed E-state index contributed by atoms with van der Waals surface area (Å²) in [6, 6.07) is 0. The highest BCUT2D eigenvalue weighted by Crippen LogP contribution is 2.20. The molecule has 2 N–H and O–H groups in total. The van der Waals surface area contributed by atoms with E-state index in [4.69, 9.17) is 5.11 Å². The first-order valence-corrected chi connectivity index (χ1v) is 14.0. The van der Waals surface area contributed by atoms with Crippen LogP contribution in [0.5, 0.6) is 0 Å². The van der Waals surface area contributed by atoms with Gasteiger partial charge in [-0.2, -0.15) is 0 Å². The molecule has 0 aromatic heterocycles. The van der Waals surface area contributed by atoms with Crippen LogP contribution in [0.15, 0.2) is 0 Å². The van der Waals surface area contributed by atoms with Gasteiger partial charge in [-0.25, -0.2) is 0 Å². The molecule has 4 nitrogen and oxygen atoms in total. The van der Waals surface area contributed by atoms with Gasteiger partial charge in [-0.3, -0.25) is 9.59 Å². The average molecular weight is 455 g/mol. The van der Waals surface area contributed by atoms with Crippen molar-refractivity contribution in [2.75, 3.05) is 0 Å². The summed E-state index contributed by atoms with van der Waals surface area (Å²) in [4.78, 5) is 22.0. The molecule has 0 aliphatic heterocycles. The first kappa shape index (κ1) is 30.9. The molecule has 190 valence electrons. The van der Waals surface area contributed by atoms with Crippen LogP contribution in [0.1, 0.15) is 161 Å². The van der Waals surface area contributed by atoms with Crippen molar-refractivity contribution >= 4 is 11.9 Å². The number of hydrogen-bond acceptors (Lipinski definition) is 2. The number of hydrogen-bond donors (Lipinski definition) is 2. The van der Waals surface area contributed by atoms with Gasteiger partial charge in [-0.1, -0.05) is 135 Å². The number of rotatable bonds is 26. The zero-order chi connectivity index (χ0) is 23.7. The second-order valence-corrected chi connectivity index (χ2v) is 9.83. The van der Waals surface area contributed by atoms with Crippen molar-refractivity contribution in [3.05, 3.63) is 0 Å². The predicted octanol–water partition coefficient (Wildman–Crippen LogP) is 9.15. The zero-order valence-corrected chi connectivity index (χ0v) is 21.3. The summed E-state index contributed by atoms with van der Waals surface area (Å²) < 4.78 is 0. The fourth-order valence-electron chi connectivity index (χ4n) is 4.53. The fraction of sp³-hybridized carbons (Fsp3) is 0.929. The lowest BCUT2D eigenvalue weighted by Crippen LogP contribution is -2.13. The van der Waals surface area contributed by atoms with Gasteiger partial charge < -0.3 is 10.2 Å². The maximum Gasteiger partial charge on any atom is 0.306 e. The van der Waals surface area contributed by atoms with E-state index in [9.17, 15) is 14.7 Å². The molecule has 1 unspecified atom stereocenters. The molecule has 4 heteroatoms. The maximum atomic E-state index is 11.5. The molecule has 0 aliphatic rings. The third-order valence-electron chi connectivity index (χ3n) is 6.70. The highest BCUT2D eigenvalue weighted by Gasteiger charge is 2.16. The van der Waals surface area contributed by atoms with Crippen LogP contribution in [0.2, 0.25) is 0 Å². The summed E-state index contributed by atoms with van der Waals surface area (Å²) in [7, 11) is 0. The molecule has 1 atom stereocenters. The normalized spacial score (nSPS) is 12.2. The first-order chi connectivity index (χ1) is 15.6. The molecule has 0 heterocycles. The van der Waals surface area contributed by atoms with Gasteiger partial charge in [-0.15, -0.1) is 0 Å². The van der Waals surface area contributed by atoms with E-state index in [2.05, 4.69) is 6.92 Å². The molecule has 0 rings (SSSR count). The molecule has 0 fully saturated rings. The van der Waals surface area contributed by atoms with Gasteiger partial charge in [0.05, 0.1) is 5.92 Å². The Balaban J connectivity index is 3.43. The smallest absolute Gasteiger partial charge is 0.306 e. The molecule has 0 saturated heterocycles. The van der Waals surface area contributed by atoms with E-state index in [1.807, 2.05) is 0 Å². The van der Waals surface area contributed by atoms with Crippen LogP contribution in [0.3, 0.4) is 0 Å². The summed E-state index contributed by atoms with van der Waals surface area (Å²) in [6.07, 6.45) is 27.8. The van der Waals surface area contributed by atoms with Gasteiger partial charge in [0.25, 0.3) is 0 Å². The second kappa shape index (κ2) is 24.6. The molecule has 0 saturated carbocycles. The molecule has 0 spiro atoms. The van der Waals surface area contributed by atoms with Crippen molar-refractivity contribution in [3.8, 4) is 0 Å². The Morgan fingerprint density at radius 1 is 0.500 bits per heavy atom. The van der Waals surface area contributed by atoms with Crippen molar-refractivity contribution in [1.29, 1.82) is 0 Å². The lowest BCUT2D eigenvalue weighted by molar-refractivity contribution is -0.142. The number of carbonyl (C=O) groups is 2. The molecule has 0 aromatic rings. The molecule has 0 aromatic carbocycles. The number of carboxylic acids is 2. The molecular formula is C28H54O4. The lowest BCUT2D eigenvalue weighted by atomic mass is 9.94. The van der Waals surface area contributed by atoms with Crippen molar-refractivity contribution < 1.29 is 19.8 Å². The van der Waals surface area contributed by atoms with Crippen LogP contribution < -0.4 is 0 Å². The molecule has 32 heavy (non-hydrogen) atoms. The minimum Gasteiger partial charge on any atom is -0.481 e. The maximum absolute atomic E-state index is 11.5. The van der Waals surface area contributed by atoms with E-state index in [0.29, 0.717) is 0 Å². The Bertz CT molecular complexity index is 422. The average Bonchev–Trinajstić information content (AvgIpc) is 2.76. The minimum absolute atomic E-state index is 0.164. The molecular weight excluding hydrogens is 400 g/mol. The topological polar surface area (TPSA) is 74.6 Å². The van der Waals surface area contributed by atoms with Gasteiger partial charge >= 0.3 is 11.9 Å². The third kappa shape index (κ3) is 23.6. The number of carboxylic acid groups (broad SMARTS) is 2. The van der Waals surface area contributed by atoms with Gasteiger partial charge in [-0.05, 0) is 19.3 Å². The van der Waals surface area contributed by atoms with E-state index >= 15 is 0 Å². The summed E-state index contributed by atoms with van der Waals surface area (Å²) in [5.74, 6) is -1.49. The van der Waals surface area contributed by atoms with Gasteiger partial charge in [0.1, 0.15) is 0 Å². The minimum atomic E-state index is -0.705. The van der Waals surface area contributed by atoms with Crippen LogP contribution in [-0.2, 0) is 9.59 Å². The van der Waals surface area contributed by atoms with E-state index in [1.165, 1.54) is 83.5 Å². The van der Waals surface area contributed by atoms with Crippen molar-refractivity contribution in [2.45, 2.75) is 161 Å². The Hall–Kier alpha value is -1.06. The molecule has 0 radical (unpaired) electrons. The predicted molar refractivity (Wildman–Crippen MR) is 135 cm³/mol. The Kier molecular flexibility index (Phi) is 23.8. The monoisotopic (exact) mass is 454 g/mol. The quantitative estimate of drug-likeness (QED) is 0.128. The van der Waals surface area contributed by atoms with Crippen LogP contribution in [0, 0.1) is 5.92 Å². The molecule has 0 aliphatic carbocycles. The van der Waals surface area contributed by atoms with Crippen LogP contribution in [0.25, 0.3) is 0 Å². The summed E-state index contributed by atoms with van der Waals surface area (Å²) in [5, 5.41) is 18.1. The highest BCUT2D eigenvalue weighted by molar-refractivity contribution is 5.69. The second-order valence-electron chi connectivity index (χ2n) is 9.83. The van der Waals surface area contributed by atoms with Crippen molar-refractivity contribution in [2.24, 2.45) is 5.92 Å².